The molecule has 1 unspecified atom stereocenters. The van der Waals surface area contributed by atoms with Crippen molar-refractivity contribution in [1.29, 1.82) is 0 Å². The number of carbonyl (C=O) groups is 1. The van der Waals surface area contributed by atoms with Crippen LogP contribution in [0.2, 0.25) is 0 Å². The van der Waals surface area contributed by atoms with E-state index in [0.29, 0.717) is 6.42 Å². The van der Waals surface area contributed by atoms with Crippen molar-refractivity contribution < 1.29 is 4.79 Å². The van der Waals surface area contributed by atoms with Gasteiger partial charge in [0.25, 0.3) is 0 Å². The Hall–Kier alpha value is -1.95. The Morgan fingerprint density at radius 1 is 1.33 bits per heavy atom. The zero-order chi connectivity index (χ0) is 14.7. The topological polar surface area (TPSA) is 58.1 Å². The van der Waals surface area contributed by atoms with Crippen molar-refractivity contribution >= 4 is 22.4 Å². The molecule has 2 aromatic rings. The minimum atomic E-state index is 0.139. The molecule has 0 radical (unpaired) electrons. The van der Waals surface area contributed by atoms with E-state index in [1.807, 2.05) is 35.2 Å². The third-order valence-electron chi connectivity index (χ3n) is 3.48. The highest BCUT2D eigenvalue weighted by Crippen LogP contribution is 2.27. The fourth-order valence-electron chi connectivity index (χ4n) is 2.51. The van der Waals surface area contributed by atoms with Crippen LogP contribution in [0.4, 0.5) is 5.13 Å². The highest BCUT2D eigenvalue weighted by molar-refractivity contribution is 7.18. The summed E-state index contributed by atoms with van der Waals surface area (Å²) in [6, 6.07) is 10.1. The summed E-state index contributed by atoms with van der Waals surface area (Å²) in [5, 5.41) is 13.4. The molecule has 1 amide bonds. The number of aromatic nitrogens is 2. The van der Waals surface area contributed by atoms with E-state index < -0.39 is 0 Å². The van der Waals surface area contributed by atoms with Crippen LogP contribution in [0.15, 0.2) is 30.3 Å². The molecule has 1 aliphatic heterocycles. The first-order valence-corrected chi connectivity index (χ1v) is 8.01. The van der Waals surface area contributed by atoms with Gasteiger partial charge in [0, 0.05) is 25.1 Å². The maximum atomic E-state index is 11.8. The van der Waals surface area contributed by atoms with Crippen molar-refractivity contribution in [2.45, 2.75) is 25.8 Å². The van der Waals surface area contributed by atoms with E-state index in [1.165, 1.54) is 11.3 Å². The summed E-state index contributed by atoms with van der Waals surface area (Å²) in [4.78, 5) is 13.8. The second kappa shape index (κ2) is 6.22. The summed E-state index contributed by atoms with van der Waals surface area (Å²) in [7, 11) is 0. The van der Waals surface area contributed by atoms with Crippen LogP contribution < -0.4 is 5.32 Å². The zero-order valence-corrected chi connectivity index (χ0v) is 12.8. The van der Waals surface area contributed by atoms with Gasteiger partial charge in [-0.1, -0.05) is 48.6 Å². The summed E-state index contributed by atoms with van der Waals surface area (Å²) < 4.78 is 0. The summed E-state index contributed by atoms with van der Waals surface area (Å²) >= 11 is 1.53. The predicted molar refractivity (Wildman–Crippen MR) is 84.2 cm³/mol. The van der Waals surface area contributed by atoms with E-state index in [0.717, 1.165) is 35.2 Å². The van der Waals surface area contributed by atoms with Gasteiger partial charge in [-0.3, -0.25) is 4.79 Å². The molecule has 21 heavy (non-hydrogen) atoms. The number of nitrogens with one attached hydrogen (secondary N) is 1. The molecule has 1 aromatic carbocycles. The predicted octanol–water partition coefficient (Wildman–Crippen LogP) is 2.63. The van der Waals surface area contributed by atoms with Gasteiger partial charge in [0.2, 0.25) is 11.0 Å². The number of benzene rings is 1. The highest BCUT2D eigenvalue weighted by atomic mass is 32.1. The second-order valence-corrected chi connectivity index (χ2v) is 6.14. The quantitative estimate of drug-likeness (QED) is 0.922. The first-order chi connectivity index (χ1) is 10.3. The van der Waals surface area contributed by atoms with Crippen LogP contribution in [0.5, 0.6) is 0 Å². The molecule has 1 aromatic heterocycles. The Bertz CT molecular complexity index is 613. The Balaban J connectivity index is 1.64. The number of anilines is 1. The highest BCUT2D eigenvalue weighted by Gasteiger charge is 2.29. The molecule has 1 saturated heterocycles. The smallest absolute Gasteiger partial charge is 0.224 e. The van der Waals surface area contributed by atoms with E-state index >= 15 is 0 Å². The van der Waals surface area contributed by atoms with Crippen molar-refractivity contribution in [2.75, 3.05) is 18.4 Å². The van der Waals surface area contributed by atoms with Crippen LogP contribution in [-0.4, -0.2) is 40.1 Å². The number of rotatable bonds is 5. The SMILES string of the molecule is CCCN1CC(Nc2nnc(-c3ccccc3)s2)CC1=O. The van der Waals surface area contributed by atoms with Crippen LogP contribution >= 0.6 is 11.3 Å². The summed E-state index contributed by atoms with van der Waals surface area (Å²) in [5.41, 5.74) is 1.07. The minimum Gasteiger partial charge on any atom is -0.355 e. The third-order valence-corrected chi connectivity index (χ3v) is 4.38. The number of carbonyl (C=O) groups excluding carboxylic acids is 1. The van der Waals surface area contributed by atoms with Crippen molar-refractivity contribution in [3.05, 3.63) is 30.3 Å². The van der Waals surface area contributed by atoms with Gasteiger partial charge in [-0.2, -0.15) is 0 Å². The average Bonchev–Trinajstić information content (AvgIpc) is 3.08. The number of nitrogens with zero attached hydrogens (tertiary/aromatic N) is 3. The average molecular weight is 302 g/mol. The molecule has 2 heterocycles. The fraction of sp³-hybridized carbons (Fsp3) is 0.400. The van der Waals surface area contributed by atoms with Crippen molar-refractivity contribution in [3.63, 3.8) is 0 Å². The number of likely N-dealkylation sites (tertiary alicyclic amines) is 1. The fourth-order valence-corrected chi connectivity index (χ4v) is 3.33. The van der Waals surface area contributed by atoms with Gasteiger partial charge in [0.05, 0.1) is 6.04 Å². The van der Waals surface area contributed by atoms with Crippen LogP contribution in [0, 0.1) is 0 Å². The van der Waals surface area contributed by atoms with Crippen LogP contribution in [-0.2, 0) is 4.79 Å². The minimum absolute atomic E-state index is 0.139. The maximum Gasteiger partial charge on any atom is 0.224 e. The molecule has 1 aliphatic rings. The van der Waals surface area contributed by atoms with E-state index in [9.17, 15) is 4.79 Å². The first-order valence-electron chi connectivity index (χ1n) is 7.19. The van der Waals surface area contributed by atoms with E-state index in [-0.39, 0.29) is 11.9 Å². The molecule has 6 heteroatoms. The van der Waals surface area contributed by atoms with Crippen LogP contribution in [0.3, 0.4) is 0 Å². The van der Waals surface area contributed by atoms with Crippen LogP contribution in [0.25, 0.3) is 10.6 Å². The van der Waals surface area contributed by atoms with Crippen molar-refractivity contribution in [1.82, 2.24) is 15.1 Å². The monoisotopic (exact) mass is 302 g/mol. The molecule has 3 rings (SSSR count). The van der Waals surface area contributed by atoms with E-state index in [4.69, 9.17) is 0 Å². The largest absolute Gasteiger partial charge is 0.355 e. The van der Waals surface area contributed by atoms with E-state index in [1.54, 1.807) is 0 Å². The molecular formula is C15H18N4OS. The Kier molecular flexibility index (Phi) is 4.15. The van der Waals surface area contributed by atoms with Gasteiger partial charge in [-0.05, 0) is 6.42 Å². The van der Waals surface area contributed by atoms with Gasteiger partial charge < -0.3 is 10.2 Å². The lowest BCUT2D eigenvalue weighted by Crippen LogP contribution is -2.28. The molecule has 0 bridgehead atoms. The van der Waals surface area contributed by atoms with Gasteiger partial charge in [-0.25, -0.2) is 0 Å². The molecule has 110 valence electrons. The lowest BCUT2D eigenvalue weighted by molar-refractivity contribution is -0.127. The maximum absolute atomic E-state index is 11.8. The van der Waals surface area contributed by atoms with Gasteiger partial charge in [0.1, 0.15) is 5.01 Å². The van der Waals surface area contributed by atoms with E-state index in [2.05, 4.69) is 22.4 Å². The molecule has 1 fully saturated rings. The van der Waals surface area contributed by atoms with Crippen molar-refractivity contribution in [2.24, 2.45) is 0 Å². The molecular weight excluding hydrogens is 284 g/mol. The second-order valence-electron chi connectivity index (χ2n) is 5.16. The molecule has 0 aliphatic carbocycles. The lowest BCUT2D eigenvalue weighted by Gasteiger charge is -2.15. The molecule has 5 nitrogen and oxygen atoms in total. The number of hydrogen-bond acceptors (Lipinski definition) is 5. The van der Waals surface area contributed by atoms with Gasteiger partial charge >= 0.3 is 0 Å². The van der Waals surface area contributed by atoms with Gasteiger partial charge in [0.15, 0.2) is 0 Å². The number of hydrogen-bond donors (Lipinski definition) is 1. The normalized spacial score (nSPS) is 18.2. The Morgan fingerprint density at radius 3 is 2.90 bits per heavy atom. The molecule has 1 atom stereocenters. The van der Waals surface area contributed by atoms with Crippen LogP contribution in [0.1, 0.15) is 19.8 Å². The third kappa shape index (κ3) is 3.21. The van der Waals surface area contributed by atoms with Gasteiger partial charge in [-0.15, -0.1) is 10.2 Å². The summed E-state index contributed by atoms with van der Waals surface area (Å²) in [6.07, 6.45) is 1.54. The lowest BCUT2D eigenvalue weighted by atomic mass is 10.2. The Labute approximate surface area is 128 Å². The zero-order valence-electron chi connectivity index (χ0n) is 12.0. The molecule has 1 N–H and O–H groups in total. The molecule has 0 saturated carbocycles. The Morgan fingerprint density at radius 2 is 2.14 bits per heavy atom. The molecule has 0 spiro atoms. The first kappa shape index (κ1) is 14.0. The standard InChI is InChI=1S/C15H18N4OS/c1-2-8-19-10-12(9-13(19)20)16-15-18-17-14(21-15)11-6-4-3-5-7-11/h3-7,12H,2,8-10H2,1H3,(H,16,18). The number of amides is 1. The summed E-state index contributed by atoms with van der Waals surface area (Å²) in [6.45, 7) is 3.68. The van der Waals surface area contributed by atoms with Crippen molar-refractivity contribution in [3.8, 4) is 10.6 Å². The summed E-state index contributed by atoms with van der Waals surface area (Å²) in [5.74, 6) is 0.224.